The molecule has 1 aliphatic heterocycles. The van der Waals surface area contributed by atoms with Gasteiger partial charge in [-0.3, -0.25) is 23.7 Å². The molecule has 45 heavy (non-hydrogen) atoms. The first kappa shape index (κ1) is 33.3. The fraction of sp³-hybridized carbons (Fsp3) is 0.367. The Balaban J connectivity index is 1.35. The molecule has 2 aromatic carbocycles. The second-order valence-electron chi connectivity index (χ2n) is 10.8. The maximum Gasteiger partial charge on any atom is 0.459 e. The molecular weight excluding hydrogens is 693 g/mol. The summed E-state index contributed by atoms with van der Waals surface area (Å²) in [6.07, 6.45) is 1.71. The van der Waals surface area contributed by atoms with E-state index < -0.39 is 55.5 Å². The summed E-state index contributed by atoms with van der Waals surface area (Å²) in [4.78, 5) is 41.8. The van der Waals surface area contributed by atoms with Crippen LogP contribution in [0, 0.1) is 0 Å². The number of carbonyl (C=O) groups is 1. The van der Waals surface area contributed by atoms with Gasteiger partial charge >= 0.3 is 19.4 Å². The van der Waals surface area contributed by atoms with Gasteiger partial charge < -0.3 is 19.1 Å². The fourth-order valence-electron chi connectivity index (χ4n) is 5.29. The zero-order valence-corrected chi connectivity index (χ0v) is 27.2. The zero-order valence-electron chi connectivity index (χ0n) is 24.0. The normalized spacial score (nSPS) is 22.3. The number of aromatic nitrogens is 2. The molecule has 2 fully saturated rings. The summed E-state index contributed by atoms with van der Waals surface area (Å²) in [5, 5.41) is 14.1. The largest absolute Gasteiger partial charge is 0.459 e. The van der Waals surface area contributed by atoms with Gasteiger partial charge in [-0.05, 0) is 53.7 Å². The van der Waals surface area contributed by atoms with E-state index in [2.05, 4.69) is 26.0 Å². The lowest BCUT2D eigenvalue weighted by molar-refractivity contribution is -0.152. The predicted octanol–water partition coefficient (Wildman–Crippen LogP) is 5.05. The number of H-pyrrole nitrogens is 1. The number of esters is 1. The van der Waals surface area contributed by atoms with E-state index in [1.54, 1.807) is 12.1 Å². The molecule has 1 saturated heterocycles. The molecule has 12 nitrogen and oxygen atoms in total. The lowest BCUT2D eigenvalue weighted by Gasteiger charge is -2.32. The summed E-state index contributed by atoms with van der Waals surface area (Å²) in [6, 6.07) is 15.3. The quantitative estimate of drug-likeness (QED) is 0.171. The summed E-state index contributed by atoms with van der Waals surface area (Å²) < 4.78 is 38.8. The van der Waals surface area contributed by atoms with Gasteiger partial charge in [0.1, 0.15) is 30.2 Å². The van der Waals surface area contributed by atoms with Crippen molar-refractivity contribution >= 4 is 47.3 Å². The number of halogens is 2. The molecule has 5 rings (SSSR count). The standard InChI is InChI=1S/C30H32BrClN3O9P/c31-15-12-21-17-35(29(39)33-27(21)37)26-16-24(36)25(43-26)19-42-45(40,44-23-10-8-22(32)9-11-23)34-30(13-4-5-14-30)28(38)41-18-20-6-2-1-3-7-20/h1-3,6-12,15,17,24-26,36H,4-5,13-14,16,18-19H2,(H,34,40)(H,33,37,39)/b15-12+/t24-,25?,26-,45?/m1/s1. The molecule has 2 unspecified atom stereocenters. The van der Waals surface area contributed by atoms with E-state index in [0.29, 0.717) is 30.7 Å². The number of nitrogens with one attached hydrogen (secondary N) is 2. The van der Waals surface area contributed by atoms with Crippen LogP contribution in [-0.4, -0.2) is 45.0 Å². The molecule has 0 radical (unpaired) electrons. The molecule has 0 amide bonds. The second-order valence-corrected chi connectivity index (χ2v) is 13.4. The third kappa shape index (κ3) is 8.23. The molecule has 15 heteroatoms. The highest BCUT2D eigenvalue weighted by molar-refractivity contribution is 9.11. The van der Waals surface area contributed by atoms with E-state index in [1.165, 1.54) is 29.4 Å². The molecule has 0 bridgehead atoms. The van der Waals surface area contributed by atoms with Crippen LogP contribution in [0.15, 0.2) is 75.4 Å². The van der Waals surface area contributed by atoms with Gasteiger partial charge in [-0.2, -0.15) is 5.09 Å². The number of aliphatic hydroxyl groups is 1. The number of hydrogen-bond donors (Lipinski definition) is 3. The molecule has 1 aliphatic carbocycles. The first-order valence-electron chi connectivity index (χ1n) is 14.3. The Morgan fingerprint density at radius 1 is 1.18 bits per heavy atom. The lowest BCUT2D eigenvalue weighted by atomic mass is 10.00. The van der Waals surface area contributed by atoms with Crippen molar-refractivity contribution in [2.24, 2.45) is 0 Å². The van der Waals surface area contributed by atoms with Gasteiger partial charge in [0.25, 0.3) is 5.56 Å². The van der Waals surface area contributed by atoms with Crippen LogP contribution in [0.3, 0.4) is 0 Å². The number of ether oxygens (including phenoxy) is 2. The van der Waals surface area contributed by atoms with E-state index in [4.69, 9.17) is 30.1 Å². The topological polar surface area (TPSA) is 158 Å². The third-order valence-corrected chi connectivity index (χ3v) is 9.77. The van der Waals surface area contributed by atoms with E-state index in [-0.39, 0.29) is 24.3 Å². The highest BCUT2D eigenvalue weighted by atomic mass is 79.9. The minimum absolute atomic E-state index is 0.0109. The Morgan fingerprint density at radius 2 is 1.89 bits per heavy atom. The van der Waals surface area contributed by atoms with Crippen LogP contribution in [-0.2, 0) is 30.0 Å². The van der Waals surface area contributed by atoms with Gasteiger partial charge in [0.2, 0.25) is 0 Å². The summed E-state index contributed by atoms with van der Waals surface area (Å²) in [5.41, 5.74) is -1.66. The number of benzene rings is 2. The van der Waals surface area contributed by atoms with Crippen LogP contribution in [0.1, 0.15) is 49.5 Å². The first-order valence-corrected chi connectivity index (χ1v) is 17.1. The van der Waals surface area contributed by atoms with Crippen LogP contribution >= 0.6 is 35.3 Å². The van der Waals surface area contributed by atoms with Gasteiger partial charge in [-0.1, -0.05) is 70.7 Å². The molecule has 3 aromatic rings. The van der Waals surface area contributed by atoms with Gasteiger partial charge in [0.05, 0.1) is 18.3 Å². The minimum atomic E-state index is -4.34. The minimum Gasteiger partial charge on any atom is -0.459 e. The smallest absolute Gasteiger partial charge is 0.459 e. The van der Waals surface area contributed by atoms with Crippen molar-refractivity contribution in [3.8, 4) is 5.75 Å². The van der Waals surface area contributed by atoms with Crippen LogP contribution in [0.4, 0.5) is 0 Å². The van der Waals surface area contributed by atoms with E-state index in [1.807, 2.05) is 30.3 Å². The lowest BCUT2D eigenvalue weighted by Crippen LogP contribution is -2.50. The van der Waals surface area contributed by atoms with Gasteiger partial charge in [-0.25, -0.2) is 9.36 Å². The Hall–Kier alpha value is -3.03. The van der Waals surface area contributed by atoms with Crippen molar-refractivity contribution < 1.29 is 33.0 Å². The summed E-state index contributed by atoms with van der Waals surface area (Å²) in [7, 11) is -4.34. The maximum absolute atomic E-state index is 14.4. The fourth-order valence-corrected chi connectivity index (χ4v) is 7.44. The summed E-state index contributed by atoms with van der Waals surface area (Å²) in [6.45, 7) is -0.385. The molecular formula is C30H32BrClN3O9P. The molecule has 1 aromatic heterocycles. The van der Waals surface area contributed by atoms with Crippen LogP contribution in [0.25, 0.3) is 6.08 Å². The maximum atomic E-state index is 14.4. The summed E-state index contributed by atoms with van der Waals surface area (Å²) in [5.74, 6) is -0.422. The highest BCUT2D eigenvalue weighted by Gasteiger charge is 2.50. The molecule has 2 aliphatic rings. The first-order chi connectivity index (χ1) is 21.6. The van der Waals surface area contributed by atoms with Gasteiger partial charge in [-0.15, -0.1) is 0 Å². The van der Waals surface area contributed by atoms with E-state index in [0.717, 1.165) is 10.1 Å². The number of aromatic amines is 1. The van der Waals surface area contributed by atoms with Crippen LogP contribution in [0.2, 0.25) is 5.02 Å². The van der Waals surface area contributed by atoms with Crippen LogP contribution < -0.4 is 20.9 Å². The third-order valence-electron chi connectivity index (χ3n) is 7.61. The van der Waals surface area contributed by atoms with Crippen molar-refractivity contribution in [1.29, 1.82) is 0 Å². The zero-order chi connectivity index (χ0) is 32.0. The van der Waals surface area contributed by atoms with Gasteiger partial charge in [0, 0.05) is 17.6 Å². The van der Waals surface area contributed by atoms with Crippen molar-refractivity contribution in [2.75, 3.05) is 6.61 Å². The second kappa shape index (κ2) is 14.6. The molecule has 0 spiro atoms. The average Bonchev–Trinajstić information content (AvgIpc) is 3.65. The number of hydrogen-bond acceptors (Lipinski definition) is 9. The van der Waals surface area contributed by atoms with Crippen molar-refractivity contribution in [3.63, 3.8) is 0 Å². The van der Waals surface area contributed by atoms with Crippen molar-refractivity contribution in [1.82, 2.24) is 14.6 Å². The van der Waals surface area contributed by atoms with Gasteiger partial charge in [0.15, 0.2) is 0 Å². The van der Waals surface area contributed by atoms with E-state index in [9.17, 15) is 24.1 Å². The number of nitrogens with zero attached hydrogens (tertiary/aromatic N) is 1. The number of aliphatic hydroxyl groups excluding tert-OH is 1. The summed E-state index contributed by atoms with van der Waals surface area (Å²) >= 11 is 9.12. The Kier molecular flexibility index (Phi) is 10.8. The monoisotopic (exact) mass is 723 g/mol. The molecule has 4 atom stereocenters. The van der Waals surface area contributed by atoms with Crippen LogP contribution in [0.5, 0.6) is 5.75 Å². The number of carbonyl (C=O) groups excluding carboxylic acids is 1. The molecule has 1 saturated carbocycles. The Labute approximate surface area is 272 Å². The molecule has 2 heterocycles. The van der Waals surface area contributed by atoms with E-state index >= 15 is 0 Å². The molecule has 3 N–H and O–H groups in total. The highest BCUT2D eigenvalue weighted by Crippen LogP contribution is 2.50. The van der Waals surface area contributed by atoms with Crippen molar-refractivity contribution in [2.45, 2.75) is 62.7 Å². The SMILES string of the molecule is O=C(OCc1ccccc1)C1(NP(=O)(OCC2O[C@@H](n3cc(/C=C/Br)c(=O)[nH]c3=O)C[C@H]2O)Oc2ccc(Cl)cc2)CCCC1. The number of rotatable bonds is 12. The average molecular weight is 725 g/mol. The Bertz CT molecular complexity index is 1680. The Morgan fingerprint density at radius 3 is 2.58 bits per heavy atom. The predicted molar refractivity (Wildman–Crippen MR) is 170 cm³/mol. The van der Waals surface area contributed by atoms with Crippen molar-refractivity contribution in [3.05, 3.63) is 103 Å². The molecule has 240 valence electrons.